The third-order valence-corrected chi connectivity index (χ3v) is 4.86. The summed E-state index contributed by atoms with van der Waals surface area (Å²) in [6, 6.07) is 7.18. The van der Waals surface area contributed by atoms with Gasteiger partial charge in [-0.1, -0.05) is 12.1 Å². The first-order valence-electron chi connectivity index (χ1n) is 8.46. The lowest BCUT2D eigenvalue weighted by Crippen LogP contribution is -2.46. The number of methoxy groups -OCH3 is 1. The zero-order valence-corrected chi connectivity index (χ0v) is 15.3. The van der Waals surface area contributed by atoms with Gasteiger partial charge in [0.1, 0.15) is 11.6 Å². The van der Waals surface area contributed by atoms with Gasteiger partial charge in [-0.05, 0) is 17.7 Å². The van der Waals surface area contributed by atoms with Crippen molar-refractivity contribution in [1.82, 2.24) is 14.0 Å². The second-order valence-corrected chi connectivity index (χ2v) is 6.33. The summed E-state index contributed by atoms with van der Waals surface area (Å²) < 4.78 is 13.1. The zero-order valence-electron chi connectivity index (χ0n) is 15.3. The van der Waals surface area contributed by atoms with Gasteiger partial charge in [0.15, 0.2) is 0 Å². The fourth-order valence-corrected chi connectivity index (χ4v) is 3.32. The van der Waals surface area contributed by atoms with Crippen molar-refractivity contribution in [2.75, 3.05) is 39.1 Å². The van der Waals surface area contributed by atoms with E-state index >= 15 is 0 Å². The van der Waals surface area contributed by atoms with Gasteiger partial charge >= 0.3 is 5.69 Å². The first-order valence-corrected chi connectivity index (χ1v) is 8.46. The van der Waals surface area contributed by atoms with Crippen molar-refractivity contribution in [2.24, 2.45) is 14.1 Å². The van der Waals surface area contributed by atoms with Gasteiger partial charge in [-0.25, -0.2) is 4.79 Å². The number of anilines is 1. The third-order valence-electron chi connectivity index (χ3n) is 4.86. The minimum atomic E-state index is -0.438. The van der Waals surface area contributed by atoms with Gasteiger partial charge in [-0.15, -0.1) is 0 Å². The maximum Gasteiger partial charge on any atom is 0.332 e. The summed E-state index contributed by atoms with van der Waals surface area (Å²) >= 11 is 0. The summed E-state index contributed by atoms with van der Waals surface area (Å²) in [6.45, 7) is 2.50. The van der Waals surface area contributed by atoms with Gasteiger partial charge in [0, 0.05) is 27.2 Å². The summed E-state index contributed by atoms with van der Waals surface area (Å²) in [4.78, 5) is 27.3. The van der Waals surface area contributed by atoms with Crippen LogP contribution in [0.5, 0.6) is 5.75 Å². The Morgan fingerprint density at radius 3 is 2.27 bits per heavy atom. The van der Waals surface area contributed by atoms with E-state index in [1.165, 1.54) is 11.6 Å². The average Bonchev–Trinajstić information content (AvgIpc) is 2.69. The largest absolute Gasteiger partial charge is 0.497 e. The van der Waals surface area contributed by atoms with Crippen LogP contribution in [0.1, 0.15) is 17.2 Å². The van der Waals surface area contributed by atoms with Crippen LogP contribution in [0.25, 0.3) is 0 Å². The molecule has 2 N–H and O–H groups in total. The van der Waals surface area contributed by atoms with Crippen molar-refractivity contribution in [3.63, 3.8) is 0 Å². The first-order chi connectivity index (χ1) is 12.5. The van der Waals surface area contributed by atoms with Crippen LogP contribution in [0.2, 0.25) is 0 Å². The van der Waals surface area contributed by atoms with Crippen LogP contribution < -0.4 is 21.7 Å². The van der Waals surface area contributed by atoms with E-state index in [9.17, 15) is 9.59 Å². The molecule has 0 radical (unpaired) electrons. The molecule has 2 aromatic rings. The minimum Gasteiger partial charge on any atom is -0.497 e. The predicted molar refractivity (Wildman–Crippen MR) is 98.6 cm³/mol. The molecule has 0 bridgehead atoms. The molecule has 0 amide bonds. The van der Waals surface area contributed by atoms with Crippen LogP contribution >= 0.6 is 0 Å². The van der Waals surface area contributed by atoms with Gasteiger partial charge < -0.3 is 15.2 Å². The van der Waals surface area contributed by atoms with E-state index < -0.39 is 5.69 Å². The van der Waals surface area contributed by atoms with Gasteiger partial charge in [-0.2, -0.15) is 0 Å². The molecule has 1 atom stereocenters. The van der Waals surface area contributed by atoms with Crippen molar-refractivity contribution < 1.29 is 9.47 Å². The van der Waals surface area contributed by atoms with E-state index in [1.54, 1.807) is 14.2 Å². The van der Waals surface area contributed by atoms with E-state index in [1.807, 2.05) is 24.3 Å². The molecule has 1 aliphatic heterocycles. The number of nitrogens with two attached hydrogens (primary N) is 1. The lowest BCUT2D eigenvalue weighted by Gasteiger charge is -2.35. The van der Waals surface area contributed by atoms with Crippen molar-refractivity contribution >= 4 is 5.82 Å². The van der Waals surface area contributed by atoms with Crippen LogP contribution in [-0.2, 0) is 18.8 Å². The smallest absolute Gasteiger partial charge is 0.332 e. The molecule has 0 aliphatic carbocycles. The molecule has 3 rings (SSSR count). The molecule has 8 nitrogen and oxygen atoms in total. The molecule has 0 saturated carbocycles. The quantitative estimate of drug-likeness (QED) is 0.831. The Hall–Kier alpha value is -2.58. The van der Waals surface area contributed by atoms with Gasteiger partial charge in [0.2, 0.25) is 0 Å². The zero-order chi connectivity index (χ0) is 18.8. The number of aromatic nitrogens is 2. The molecule has 1 aromatic carbocycles. The average molecular weight is 360 g/mol. The Morgan fingerprint density at radius 1 is 1.08 bits per heavy atom. The highest BCUT2D eigenvalue weighted by Gasteiger charge is 2.30. The third kappa shape index (κ3) is 3.13. The van der Waals surface area contributed by atoms with E-state index in [0.717, 1.165) is 15.9 Å². The fraction of sp³-hybridized carbons (Fsp3) is 0.444. The summed E-state index contributed by atoms with van der Waals surface area (Å²) in [7, 11) is 4.65. The van der Waals surface area contributed by atoms with E-state index in [-0.39, 0.29) is 17.4 Å². The predicted octanol–water partition coefficient (Wildman–Crippen LogP) is 0.0964. The van der Waals surface area contributed by atoms with Gasteiger partial charge in [-0.3, -0.25) is 18.8 Å². The molecule has 26 heavy (non-hydrogen) atoms. The van der Waals surface area contributed by atoms with Crippen molar-refractivity contribution in [2.45, 2.75) is 6.04 Å². The molecule has 1 unspecified atom stereocenters. The highest BCUT2D eigenvalue weighted by atomic mass is 16.5. The Bertz CT molecular complexity index is 895. The summed E-state index contributed by atoms with van der Waals surface area (Å²) in [6.07, 6.45) is 0. The highest BCUT2D eigenvalue weighted by molar-refractivity contribution is 5.46. The van der Waals surface area contributed by atoms with Gasteiger partial charge in [0.25, 0.3) is 5.56 Å². The fourth-order valence-electron chi connectivity index (χ4n) is 3.32. The molecule has 2 heterocycles. The summed E-state index contributed by atoms with van der Waals surface area (Å²) in [5.74, 6) is 0.918. The van der Waals surface area contributed by atoms with Crippen molar-refractivity contribution in [1.29, 1.82) is 0 Å². The van der Waals surface area contributed by atoms with Crippen LogP contribution in [0.4, 0.5) is 5.82 Å². The standard InChI is InChI=1S/C18H24N4O4/c1-20-16(19)14(17(23)21(2)18(20)24)15(22-8-10-26-11-9-22)12-4-6-13(25-3)7-5-12/h4-7,15H,8-11,19H2,1-3H3. The SMILES string of the molecule is COc1ccc(C(c2c(N)n(C)c(=O)n(C)c2=O)N2CCOCC2)cc1. The molecular formula is C18H24N4O4. The van der Waals surface area contributed by atoms with Crippen molar-refractivity contribution in [3.8, 4) is 5.75 Å². The van der Waals surface area contributed by atoms with E-state index in [4.69, 9.17) is 15.2 Å². The molecule has 140 valence electrons. The molecular weight excluding hydrogens is 336 g/mol. The maximum absolute atomic E-state index is 12.9. The number of hydrogen-bond acceptors (Lipinski definition) is 6. The van der Waals surface area contributed by atoms with Gasteiger partial charge in [0.05, 0.1) is 31.9 Å². The second-order valence-electron chi connectivity index (χ2n) is 6.33. The Labute approximate surface area is 151 Å². The number of morpholine rings is 1. The Balaban J connectivity index is 2.21. The lowest BCUT2D eigenvalue weighted by molar-refractivity contribution is 0.0236. The first kappa shape index (κ1) is 18.2. The molecule has 8 heteroatoms. The highest BCUT2D eigenvalue weighted by Crippen LogP contribution is 2.31. The van der Waals surface area contributed by atoms with Crippen LogP contribution in [-0.4, -0.2) is 47.4 Å². The number of rotatable bonds is 4. The normalized spacial score (nSPS) is 16.4. The maximum atomic E-state index is 12.9. The summed E-state index contributed by atoms with van der Waals surface area (Å²) in [5, 5.41) is 0. The van der Waals surface area contributed by atoms with Crippen LogP contribution in [0, 0.1) is 0 Å². The second kappa shape index (κ2) is 7.35. The molecule has 0 spiro atoms. The van der Waals surface area contributed by atoms with Crippen LogP contribution in [0.15, 0.2) is 33.9 Å². The Morgan fingerprint density at radius 2 is 1.69 bits per heavy atom. The minimum absolute atomic E-state index is 0.186. The topological polar surface area (TPSA) is 91.7 Å². The lowest BCUT2D eigenvalue weighted by atomic mass is 9.97. The molecule has 1 saturated heterocycles. The van der Waals surface area contributed by atoms with E-state index in [0.29, 0.717) is 31.9 Å². The summed E-state index contributed by atoms with van der Waals surface area (Å²) in [5.41, 5.74) is 6.72. The monoisotopic (exact) mass is 360 g/mol. The van der Waals surface area contributed by atoms with Crippen LogP contribution in [0.3, 0.4) is 0 Å². The molecule has 1 aliphatic rings. The Kier molecular flexibility index (Phi) is 5.15. The number of nitrogens with zero attached hydrogens (tertiary/aromatic N) is 3. The number of benzene rings is 1. The molecule has 1 fully saturated rings. The number of nitrogen functional groups attached to an aromatic ring is 1. The number of ether oxygens (including phenoxy) is 2. The number of hydrogen-bond donors (Lipinski definition) is 1. The molecule has 1 aromatic heterocycles. The van der Waals surface area contributed by atoms with E-state index in [2.05, 4.69) is 4.90 Å². The van der Waals surface area contributed by atoms with Crippen molar-refractivity contribution in [3.05, 3.63) is 56.2 Å².